The molecule has 4 rings (SSSR count). The van der Waals surface area contributed by atoms with Gasteiger partial charge in [0.1, 0.15) is 12.3 Å². The summed E-state index contributed by atoms with van der Waals surface area (Å²) in [7, 11) is 0. The Kier molecular flexibility index (Phi) is 5.75. The highest BCUT2D eigenvalue weighted by Gasteiger charge is 2.22. The van der Waals surface area contributed by atoms with E-state index >= 15 is 0 Å². The Bertz CT molecular complexity index is 1050. The number of nitrogens with zero attached hydrogens (tertiary/aromatic N) is 5. The van der Waals surface area contributed by atoms with Gasteiger partial charge < -0.3 is 15.4 Å². The number of imidazole rings is 1. The first-order valence-electron chi connectivity index (χ1n) is 10.0. The highest BCUT2D eigenvalue weighted by atomic mass is 16.5. The molecule has 0 bridgehead atoms. The van der Waals surface area contributed by atoms with Gasteiger partial charge in [0.15, 0.2) is 5.65 Å². The third-order valence-corrected chi connectivity index (χ3v) is 4.71. The van der Waals surface area contributed by atoms with Gasteiger partial charge in [-0.2, -0.15) is 10.2 Å². The third-order valence-electron chi connectivity index (χ3n) is 4.71. The number of carbonyl (C=O) groups is 2. The van der Waals surface area contributed by atoms with Crippen molar-refractivity contribution in [1.29, 1.82) is 0 Å². The van der Waals surface area contributed by atoms with Crippen LogP contribution in [0.15, 0.2) is 30.7 Å². The average molecular weight is 411 g/mol. The molecule has 1 aliphatic carbocycles. The van der Waals surface area contributed by atoms with Crippen molar-refractivity contribution >= 4 is 17.5 Å². The van der Waals surface area contributed by atoms with Crippen LogP contribution in [0.1, 0.15) is 54.5 Å². The van der Waals surface area contributed by atoms with Gasteiger partial charge in [-0.1, -0.05) is 0 Å². The molecule has 3 heterocycles. The molecule has 0 spiro atoms. The summed E-state index contributed by atoms with van der Waals surface area (Å²) < 4.78 is 8.70. The first-order valence-corrected chi connectivity index (χ1v) is 10.0. The Morgan fingerprint density at radius 1 is 1.23 bits per heavy atom. The lowest BCUT2D eigenvalue weighted by atomic mass is 10.3. The van der Waals surface area contributed by atoms with Gasteiger partial charge in [-0.25, -0.2) is 9.50 Å². The van der Waals surface area contributed by atoms with E-state index in [2.05, 4.69) is 25.8 Å². The molecule has 10 nitrogen and oxygen atoms in total. The maximum absolute atomic E-state index is 12.4. The number of hydrogen-bond donors (Lipinski definition) is 2. The second-order valence-electron chi connectivity index (χ2n) is 7.62. The third kappa shape index (κ3) is 4.82. The second kappa shape index (κ2) is 8.62. The molecule has 0 aromatic carbocycles. The number of nitrogens with one attached hydrogen (secondary N) is 2. The van der Waals surface area contributed by atoms with E-state index in [0.717, 1.165) is 18.4 Å². The fourth-order valence-corrected chi connectivity index (χ4v) is 2.99. The van der Waals surface area contributed by atoms with Crippen molar-refractivity contribution in [2.75, 3.05) is 6.61 Å². The number of amides is 2. The average Bonchev–Trinajstić information content (AvgIpc) is 3.26. The van der Waals surface area contributed by atoms with Crippen molar-refractivity contribution in [1.82, 2.24) is 35.0 Å². The van der Waals surface area contributed by atoms with Gasteiger partial charge in [0, 0.05) is 18.8 Å². The van der Waals surface area contributed by atoms with Gasteiger partial charge in [0.25, 0.3) is 5.91 Å². The van der Waals surface area contributed by atoms with Crippen molar-refractivity contribution < 1.29 is 14.3 Å². The number of fused-ring (bicyclic) bond motifs is 1. The summed E-state index contributed by atoms with van der Waals surface area (Å²) in [6.45, 7) is 4.66. The lowest BCUT2D eigenvalue weighted by Gasteiger charge is -2.10. The number of ether oxygens (including phenoxy) is 1. The highest BCUT2D eigenvalue weighted by Crippen LogP contribution is 2.22. The molecule has 2 N–H and O–H groups in total. The minimum Gasteiger partial charge on any atom is -0.368 e. The Labute approximate surface area is 173 Å². The van der Waals surface area contributed by atoms with E-state index in [0.29, 0.717) is 23.6 Å². The summed E-state index contributed by atoms with van der Waals surface area (Å²) in [5.74, 6) is -0.350. The minimum absolute atomic E-state index is 0.0866. The van der Waals surface area contributed by atoms with Crippen LogP contribution in [-0.2, 0) is 22.6 Å². The van der Waals surface area contributed by atoms with E-state index in [9.17, 15) is 9.59 Å². The van der Waals surface area contributed by atoms with Crippen LogP contribution >= 0.6 is 0 Å². The number of hydrogen-bond acceptors (Lipinski definition) is 6. The topological polar surface area (TPSA) is 115 Å². The minimum atomic E-state index is -0.206. The zero-order valence-electron chi connectivity index (χ0n) is 17.0. The molecule has 3 aromatic rings. The molecule has 0 atom stereocenters. The SMILES string of the molecule is CC(C)n1nccc1C(=O)NCc1cn2ncc(CNC(=O)COC3CC3)cc2n1. The van der Waals surface area contributed by atoms with Crippen LogP contribution in [-0.4, -0.2) is 48.9 Å². The van der Waals surface area contributed by atoms with Gasteiger partial charge in [-0.15, -0.1) is 0 Å². The van der Waals surface area contributed by atoms with Crippen LogP contribution in [0.2, 0.25) is 0 Å². The Morgan fingerprint density at radius 3 is 2.83 bits per heavy atom. The molecule has 0 saturated heterocycles. The van der Waals surface area contributed by atoms with E-state index in [1.807, 2.05) is 19.9 Å². The van der Waals surface area contributed by atoms with Crippen molar-refractivity contribution in [3.63, 3.8) is 0 Å². The monoisotopic (exact) mass is 411 g/mol. The predicted molar refractivity (Wildman–Crippen MR) is 108 cm³/mol. The van der Waals surface area contributed by atoms with Crippen LogP contribution < -0.4 is 10.6 Å². The zero-order chi connectivity index (χ0) is 21.1. The molecule has 30 heavy (non-hydrogen) atoms. The molecule has 3 aromatic heterocycles. The van der Waals surface area contributed by atoms with E-state index < -0.39 is 0 Å². The second-order valence-corrected chi connectivity index (χ2v) is 7.62. The van der Waals surface area contributed by atoms with Crippen LogP contribution in [0, 0.1) is 0 Å². The molecule has 10 heteroatoms. The normalized spacial score (nSPS) is 13.7. The van der Waals surface area contributed by atoms with Crippen LogP contribution in [0.5, 0.6) is 0 Å². The number of rotatable bonds is 9. The standard InChI is InChI=1S/C20H25N7O3/c1-13(2)27-17(5-6-23-27)20(29)22-10-15-11-26-18(25-15)7-14(9-24-26)8-21-19(28)12-30-16-3-4-16/h5-7,9,11,13,16H,3-4,8,10,12H2,1-2H3,(H,21,28)(H,22,29). The lowest BCUT2D eigenvalue weighted by molar-refractivity contribution is -0.126. The molecular weight excluding hydrogens is 386 g/mol. The van der Waals surface area contributed by atoms with Gasteiger partial charge in [-0.3, -0.25) is 14.3 Å². The molecule has 1 saturated carbocycles. The van der Waals surface area contributed by atoms with E-state index in [1.165, 1.54) is 0 Å². The number of carbonyl (C=O) groups excluding carboxylic acids is 2. The Balaban J connectivity index is 1.33. The summed E-state index contributed by atoms with van der Waals surface area (Å²) in [4.78, 5) is 28.8. The van der Waals surface area contributed by atoms with Crippen LogP contribution in [0.3, 0.4) is 0 Å². The Hall–Kier alpha value is -3.27. The van der Waals surface area contributed by atoms with E-state index in [1.54, 1.807) is 33.9 Å². The first-order chi connectivity index (χ1) is 14.5. The Morgan fingerprint density at radius 2 is 2.07 bits per heavy atom. The predicted octanol–water partition coefficient (Wildman–Crippen LogP) is 1.23. The van der Waals surface area contributed by atoms with Crippen LogP contribution in [0.4, 0.5) is 0 Å². The van der Waals surface area contributed by atoms with Gasteiger partial charge >= 0.3 is 0 Å². The van der Waals surface area contributed by atoms with Gasteiger partial charge in [0.2, 0.25) is 5.91 Å². The fraction of sp³-hybridized carbons (Fsp3) is 0.450. The van der Waals surface area contributed by atoms with E-state index in [-0.39, 0.29) is 37.1 Å². The van der Waals surface area contributed by atoms with Gasteiger partial charge in [0.05, 0.1) is 30.7 Å². The van der Waals surface area contributed by atoms with Crippen molar-refractivity contribution in [3.05, 3.63) is 47.7 Å². The summed E-state index contributed by atoms with van der Waals surface area (Å²) >= 11 is 0. The van der Waals surface area contributed by atoms with Crippen LogP contribution in [0.25, 0.3) is 5.65 Å². The summed E-state index contributed by atoms with van der Waals surface area (Å²) in [6, 6.07) is 3.64. The first kappa shape index (κ1) is 20.0. The quantitative estimate of drug-likeness (QED) is 0.547. The molecule has 1 fully saturated rings. The largest absolute Gasteiger partial charge is 0.368 e. The van der Waals surface area contributed by atoms with Crippen molar-refractivity contribution in [2.24, 2.45) is 0 Å². The smallest absolute Gasteiger partial charge is 0.269 e. The molecule has 158 valence electrons. The maximum Gasteiger partial charge on any atom is 0.269 e. The molecule has 0 radical (unpaired) electrons. The highest BCUT2D eigenvalue weighted by molar-refractivity contribution is 5.92. The lowest BCUT2D eigenvalue weighted by Crippen LogP contribution is -2.27. The van der Waals surface area contributed by atoms with Crippen molar-refractivity contribution in [2.45, 2.75) is 51.9 Å². The summed E-state index contributed by atoms with van der Waals surface area (Å²) in [5, 5.41) is 14.2. The molecule has 0 aliphatic heterocycles. The van der Waals surface area contributed by atoms with Gasteiger partial charge in [-0.05, 0) is 44.4 Å². The number of aromatic nitrogens is 5. The summed E-state index contributed by atoms with van der Waals surface area (Å²) in [5.41, 5.74) is 2.68. The molecule has 1 aliphatic rings. The molecule has 2 amide bonds. The van der Waals surface area contributed by atoms with E-state index in [4.69, 9.17) is 4.74 Å². The summed E-state index contributed by atoms with van der Waals surface area (Å²) in [6.07, 6.45) is 7.39. The molecular formula is C20H25N7O3. The molecule has 0 unspecified atom stereocenters. The fourth-order valence-electron chi connectivity index (χ4n) is 2.99. The van der Waals surface area contributed by atoms with Crippen molar-refractivity contribution in [3.8, 4) is 0 Å². The maximum atomic E-state index is 12.4. The zero-order valence-corrected chi connectivity index (χ0v) is 17.0.